The van der Waals surface area contributed by atoms with Crippen LogP contribution in [0.2, 0.25) is 0 Å². The Morgan fingerprint density at radius 3 is 2.29 bits per heavy atom. The van der Waals surface area contributed by atoms with Gasteiger partial charge >= 0.3 is 5.97 Å². The number of carbonyl (C=O) groups excluding carboxylic acids is 1. The lowest BCUT2D eigenvalue weighted by molar-refractivity contribution is -0.126. The number of carboxylic acids is 1. The van der Waals surface area contributed by atoms with Crippen LogP contribution in [0.1, 0.15) is 27.5 Å². The van der Waals surface area contributed by atoms with Gasteiger partial charge in [-0.05, 0) is 37.9 Å². The van der Waals surface area contributed by atoms with E-state index in [9.17, 15) is 14.0 Å². The average molecular weight is 330 g/mol. The molecule has 0 unspecified atom stereocenters. The average Bonchev–Trinajstić information content (AvgIpc) is 2.55. The van der Waals surface area contributed by atoms with Crippen LogP contribution >= 0.6 is 0 Å². The minimum atomic E-state index is -1.00. The number of hydrogen-bond acceptors (Lipinski definition) is 3. The lowest BCUT2D eigenvalue weighted by Crippen LogP contribution is -2.37. The van der Waals surface area contributed by atoms with Gasteiger partial charge in [-0.2, -0.15) is 0 Å². The quantitative estimate of drug-likeness (QED) is 0.853. The molecule has 1 atom stereocenters. The van der Waals surface area contributed by atoms with E-state index in [4.69, 9.17) is 5.11 Å². The number of likely N-dealkylation sites (N-methyl/N-ethyl adjacent to an activating group) is 1. The zero-order valence-electron chi connectivity index (χ0n) is 13.5. The van der Waals surface area contributed by atoms with Gasteiger partial charge < -0.3 is 10.4 Å². The molecule has 126 valence electrons. The first-order valence-corrected chi connectivity index (χ1v) is 7.41. The van der Waals surface area contributed by atoms with Crippen molar-refractivity contribution in [2.75, 3.05) is 14.1 Å². The van der Waals surface area contributed by atoms with Crippen molar-refractivity contribution >= 4 is 11.9 Å². The highest BCUT2D eigenvalue weighted by molar-refractivity contribution is 5.87. The molecule has 0 bridgehead atoms. The van der Waals surface area contributed by atoms with Crippen molar-refractivity contribution in [3.05, 3.63) is 71.0 Å². The molecule has 1 amide bonds. The van der Waals surface area contributed by atoms with Crippen molar-refractivity contribution in [1.29, 1.82) is 0 Å². The molecule has 0 aliphatic rings. The Bertz CT molecular complexity index is 729. The molecule has 0 aliphatic heterocycles. The highest BCUT2D eigenvalue weighted by atomic mass is 19.1. The highest BCUT2D eigenvalue weighted by Crippen LogP contribution is 2.21. The second kappa shape index (κ2) is 7.70. The summed E-state index contributed by atoms with van der Waals surface area (Å²) in [5.74, 6) is -1.76. The van der Waals surface area contributed by atoms with E-state index in [1.165, 1.54) is 18.2 Å². The summed E-state index contributed by atoms with van der Waals surface area (Å²) in [5.41, 5.74) is 1.25. The second-order valence-corrected chi connectivity index (χ2v) is 5.61. The molecule has 0 fully saturated rings. The van der Waals surface area contributed by atoms with E-state index in [2.05, 4.69) is 5.32 Å². The molecule has 5 nitrogen and oxygen atoms in total. The first-order chi connectivity index (χ1) is 11.4. The summed E-state index contributed by atoms with van der Waals surface area (Å²) in [6.45, 7) is 0.234. The molecule has 0 spiro atoms. The summed E-state index contributed by atoms with van der Waals surface area (Å²) in [6, 6.07) is 11.7. The van der Waals surface area contributed by atoms with E-state index in [-0.39, 0.29) is 18.0 Å². The summed E-state index contributed by atoms with van der Waals surface area (Å²) in [6.07, 6.45) is 0. The van der Waals surface area contributed by atoms with Crippen LogP contribution in [0.5, 0.6) is 0 Å². The second-order valence-electron chi connectivity index (χ2n) is 5.61. The molecular formula is C18H19FN2O3. The Morgan fingerprint density at radius 2 is 1.75 bits per heavy atom. The number of carboxylic acid groups (broad SMARTS) is 1. The maximum atomic E-state index is 14.0. The van der Waals surface area contributed by atoms with Crippen LogP contribution in [0.3, 0.4) is 0 Å². The third-order valence-corrected chi connectivity index (χ3v) is 3.63. The van der Waals surface area contributed by atoms with Gasteiger partial charge in [0.1, 0.15) is 11.9 Å². The highest BCUT2D eigenvalue weighted by Gasteiger charge is 2.25. The smallest absolute Gasteiger partial charge is 0.335 e. The summed E-state index contributed by atoms with van der Waals surface area (Å²) in [7, 11) is 3.41. The van der Waals surface area contributed by atoms with Crippen molar-refractivity contribution in [2.45, 2.75) is 12.6 Å². The molecule has 6 heteroatoms. The predicted molar refractivity (Wildman–Crippen MR) is 88.1 cm³/mol. The fourth-order valence-corrected chi connectivity index (χ4v) is 2.40. The zero-order chi connectivity index (χ0) is 17.7. The monoisotopic (exact) mass is 330 g/mol. The summed E-state index contributed by atoms with van der Waals surface area (Å²) < 4.78 is 14.0. The van der Waals surface area contributed by atoms with E-state index in [1.807, 2.05) is 0 Å². The molecule has 0 saturated heterocycles. The molecular weight excluding hydrogens is 311 g/mol. The molecule has 24 heavy (non-hydrogen) atoms. The lowest BCUT2D eigenvalue weighted by atomic mass is 10.0. The number of rotatable bonds is 6. The number of aromatic carboxylic acids is 1. The van der Waals surface area contributed by atoms with Crippen molar-refractivity contribution in [3.63, 3.8) is 0 Å². The number of amides is 1. The Kier molecular flexibility index (Phi) is 5.65. The van der Waals surface area contributed by atoms with Gasteiger partial charge in [-0.1, -0.05) is 30.3 Å². The van der Waals surface area contributed by atoms with Crippen molar-refractivity contribution in [1.82, 2.24) is 10.2 Å². The molecule has 2 aromatic rings. The predicted octanol–water partition coefficient (Wildman–Crippen LogP) is 2.44. The first kappa shape index (κ1) is 17.6. The topological polar surface area (TPSA) is 69.6 Å². The van der Waals surface area contributed by atoms with Gasteiger partial charge in [-0.25, -0.2) is 9.18 Å². The van der Waals surface area contributed by atoms with Gasteiger partial charge in [-0.3, -0.25) is 9.69 Å². The normalized spacial score (nSPS) is 12.0. The molecule has 0 aliphatic carbocycles. The van der Waals surface area contributed by atoms with Crippen LogP contribution in [-0.4, -0.2) is 36.0 Å². The minimum Gasteiger partial charge on any atom is -0.478 e. The molecule has 0 aromatic heterocycles. The summed E-state index contributed by atoms with van der Waals surface area (Å²) >= 11 is 0. The zero-order valence-corrected chi connectivity index (χ0v) is 13.5. The van der Waals surface area contributed by atoms with E-state index in [1.54, 1.807) is 49.3 Å². The Labute approximate surface area is 139 Å². The molecule has 0 saturated carbocycles. The van der Waals surface area contributed by atoms with Crippen molar-refractivity contribution < 1.29 is 19.1 Å². The van der Waals surface area contributed by atoms with Crippen LogP contribution in [0.15, 0.2) is 48.5 Å². The van der Waals surface area contributed by atoms with Gasteiger partial charge in [-0.15, -0.1) is 0 Å². The molecule has 2 aromatic carbocycles. The van der Waals surface area contributed by atoms with Gasteiger partial charge in [0.25, 0.3) is 0 Å². The van der Waals surface area contributed by atoms with E-state index in [0.29, 0.717) is 5.56 Å². The maximum absolute atomic E-state index is 14.0. The lowest BCUT2D eigenvalue weighted by Gasteiger charge is -2.24. The number of nitrogens with zero attached hydrogens (tertiary/aromatic N) is 1. The van der Waals surface area contributed by atoms with Crippen LogP contribution in [0, 0.1) is 5.82 Å². The Balaban J connectivity index is 2.09. The molecule has 0 radical (unpaired) electrons. The number of benzene rings is 2. The molecule has 2 rings (SSSR count). The SMILES string of the molecule is CN(C)[C@H](C(=O)NCc1ccc(C(=O)O)cc1)c1ccccc1F. The van der Waals surface area contributed by atoms with Crippen LogP contribution < -0.4 is 5.32 Å². The maximum Gasteiger partial charge on any atom is 0.335 e. The molecule has 0 heterocycles. The Morgan fingerprint density at radius 1 is 1.12 bits per heavy atom. The third-order valence-electron chi connectivity index (χ3n) is 3.63. The van der Waals surface area contributed by atoms with Crippen LogP contribution in [0.25, 0.3) is 0 Å². The van der Waals surface area contributed by atoms with Gasteiger partial charge in [0, 0.05) is 12.1 Å². The van der Waals surface area contributed by atoms with E-state index < -0.39 is 17.8 Å². The number of halogens is 1. The fourth-order valence-electron chi connectivity index (χ4n) is 2.40. The van der Waals surface area contributed by atoms with Gasteiger partial charge in [0.05, 0.1) is 5.56 Å². The number of carbonyl (C=O) groups is 2. The van der Waals surface area contributed by atoms with Crippen molar-refractivity contribution in [2.24, 2.45) is 0 Å². The largest absolute Gasteiger partial charge is 0.478 e. The number of nitrogens with one attached hydrogen (secondary N) is 1. The summed E-state index contributed by atoms with van der Waals surface area (Å²) in [5, 5.41) is 11.6. The van der Waals surface area contributed by atoms with Gasteiger partial charge in [0.2, 0.25) is 5.91 Å². The first-order valence-electron chi connectivity index (χ1n) is 7.41. The van der Waals surface area contributed by atoms with Crippen molar-refractivity contribution in [3.8, 4) is 0 Å². The standard InChI is InChI=1S/C18H19FN2O3/c1-21(2)16(14-5-3-4-6-15(14)19)17(22)20-11-12-7-9-13(10-8-12)18(23)24/h3-10,16H,11H2,1-2H3,(H,20,22)(H,23,24)/t16-/m0/s1. The van der Waals surface area contributed by atoms with Crippen LogP contribution in [0.4, 0.5) is 4.39 Å². The third kappa shape index (κ3) is 4.17. The van der Waals surface area contributed by atoms with E-state index >= 15 is 0 Å². The number of hydrogen-bond donors (Lipinski definition) is 2. The molecule has 2 N–H and O–H groups in total. The van der Waals surface area contributed by atoms with Gasteiger partial charge in [0.15, 0.2) is 0 Å². The van der Waals surface area contributed by atoms with E-state index in [0.717, 1.165) is 5.56 Å². The summed E-state index contributed by atoms with van der Waals surface area (Å²) in [4.78, 5) is 24.9. The fraction of sp³-hybridized carbons (Fsp3) is 0.222. The Hall–Kier alpha value is -2.73. The van der Waals surface area contributed by atoms with Crippen LogP contribution in [-0.2, 0) is 11.3 Å². The minimum absolute atomic E-state index is 0.183.